The number of nitrogens with two attached hydrogens (primary N) is 1. The van der Waals surface area contributed by atoms with Crippen molar-refractivity contribution in [3.05, 3.63) is 40.9 Å². The molecule has 5 nitrogen and oxygen atoms in total. The largest absolute Gasteiger partial charge is 0.271 e. The van der Waals surface area contributed by atoms with E-state index < -0.39 is 0 Å². The Bertz CT molecular complexity index is 560. The molecule has 1 unspecified atom stereocenters. The number of hydrazine groups is 1. The SMILES string of the molecule is CCCn1ncnc1CC(CSc1cccc(Br)c1)NN. The molecule has 0 saturated heterocycles. The Morgan fingerprint density at radius 2 is 2.33 bits per heavy atom. The number of aryl methyl sites for hydroxylation is 1. The summed E-state index contributed by atoms with van der Waals surface area (Å²) in [5.41, 5.74) is 2.88. The molecule has 3 N–H and O–H groups in total. The van der Waals surface area contributed by atoms with Crippen LogP contribution in [0.5, 0.6) is 0 Å². The van der Waals surface area contributed by atoms with Gasteiger partial charge in [-0.15, -0.1) is 11.8 Å². The summed E-state index contributed by atoms with van der Waals surface area (Å²) < 4.78 is 3.04. The fourth-order valence-corrected chi connectivity index (χ4v) is 3.53. The van der Waals surface area contributed by atoms with Crippen molar-refractivity contribution >= 4 is 27.7 Å². The molecule has 0 spiro atoms. The molecule has 0 saturated carbocycles. The zero-order valence-electron chi connectivity index (χ0n) is 12.0. The summed E-state index contributed by atoms with van der Waals surface area (Å²) in [5.74, 6) is 7.54. The lowest BCUT2D eigenvalue weighted by atomic mass is 10.2. The fraction of sp³-hybridized carbons (Fsp3) is 0.429. The Balaban J connectivity index is 1.92. The minimum Gasteiger partial charge on any atom is -0.271 e. The topological polar surface area (TPSA) is 68.8 Å². The molecule has 114 valence electrons. The molecule has 2 aromatic rings. The maximum Gasteiger partial charge on any atom is 0.138 e. The minimum atomic E-state index is 0.161. The minimum absolute atomic E-state index is 0.161. The molecule has 0 radical (unpaired) electrons. The molecule has 2 rings (SSSR count). The van der Waals surface area contributed by atoms with Crippen LogP contribution in [-0.2, 0) is 13.0 Å². The van der Waals surface area contributed by atoms with Gasteiger partial charge in [0.2, 0.25) is 0 Å². The molecule has 7 heteroatoms. The molecule has 1 atom stereocenters. The van der Waals surface area contributed by atoms with Crippen molar-refractivity contribution in [2.75, 3.05) is 5.75 Å². The van der Waals surface area contributed by atoms with E-state index in [-0.39, 0.29) is 6.04 Å². The molecule has 21 heavy (non-hydrogen) atoms. The molecule has 0 bridgehead atoms. The molecular weight excluding hydrogens is 350 g/mol. The van der Waals surface area contributed by atoms with Crippen LogP contribution in [0, 0.1) is 0 Å². The number of hydrogen-bond donors (Lipinski definition) is 2. The van der Waals surface area contributed by atoms with Gasteiger partial charge in [-0.25, -0.2) is 4.98 Å². The van der Waals surface area contributed by atoms with Gasteiger partial charge in [0.05, 0.1) is 0 Å². The third kappa shape index (κ3) is 5.10. The number of nitrogens with zero attached hydrogens (tertiary/aromatic N) is 3. The number of aromatic nitrogens is 3. The van der Waals surface area contributed by atoms with Crippen LogP contribution >= 0.6 is 27.7 Å². The highest BCUT2D eigenvalue weighted by atomic mass is 79.9. The van der Waals surface area contributed by atoms with Crippen LogP contribution in [0.25, 0.3) is 0 Å². The van der Waals surface area contributed by atoms with Crippen LogP contribution in [0.1, 0.15) is 19.2 Å². The second kappa shape index (κ2) is 8.53. The highest BCUT2D eigenvalue weighted by molar-refractivity contribution is 9.10. The number of halogens is 1. The van der Waals surface area contributed by atoms with E-state index in [0.717, 1.165) is 35.4 Å². The maximum atomic E-state index is 5.68. The third-order valence-electron chi connectivity index (χ3n) is 3.04. The summed E-state index contributed by atoms with van der Waals surface area (Å²) in [6, 6.07) is 8.43. The lowest BCUT2D eigenvalue weighted by Gasteiger charge is -2.15. The smallest absolute Gasteiger partial charge is 0.138 e. The average molecular weight is 370 g/mol. The van der Waals surface area contributed by atoms with Crippen LogP contribution in [0.15, 0.2) is 40.0 Å². The highest BCUT2D eigenvalue weighted by Gasteiger charge is 2.13. The number of thioether (sulfide) groups is 1. The normalized spacial score (nSPS) is 12.5. The van der Waals surface area contributed by atoms with E-state index >= 15 is 0 Å². The summed E-state index contributed by atoms with van der Waals surface area (Å²) in [5, 5.41) is 4.25. The number of nitrogens with one attached hydrogen (secondary N) is 1. The van der Waals surface area contributed by atoms with Crippen molar-refractivity contribution in [2.45, 2.75) is 37.2 Å². The summed E-state index contributed by atoms with van der Waals surface area (Å²) in [6.45, 7) is 3.03. The van der Waals surface area contributed by atoms with Gasteiger partial charge in [-0.3, -0.25) is 16.0 Å². The van der Waals surface area contributed by atoms with Gasteiger partial charge < -0.3 is 0 Å². The zero-order chi connectivity index (χ0) is 15.1. The van der Waals surface area contributed by atoms with Gasteiger partial charge in [0.1, 0.15) is 12.2 Å². The Morgan fingerprint density at radius 1 is 1.48 bits per heavy atom. The van der Waals surface area contributed by atoms with E-state index in [0.29, 0.717) is 0 Å². The van der Waals surface area contributed by atoms with Crippen LogP contribution < -0.4 is 11.3 Å². The van der Waals surface area contributed by atoms with Crippen molar-refractivity contribution < 1.29 is 0 Å². The van der Waals surface area contributed by atoms with Gasteiger partial charge >= 0.3 is 0 Å². The Morgan fingerprint density at radius 3 is 3.05 bits per heavy atom. The van der Waals surface area contributed by atoms with Crippen molar-refractivity contribution in [1.29, 1.82) is 0 Å². The van der Waals surface area contributed by atoms with Crippen molar-refractivity contribution in [3.63, 3.8) is 0 Å². The lowest BCUT2D eigenvalue weighted by molar-refractivity contribution is 0.513. The maximum absolute atomic E-state index is 5.68. The van der Waals surface area contributed by atoms with Crippen LogP contribution in [0.3, 0.4) is 0 Å². The first-order valence-corrected chi connectivity index (χ1v) is 8.72. The summed E-state index contributed by atoms with van der Waals surface area (Å²) >= 11 is 5.26. The number of benzene rings is 1. The van der Waals surface area contributed by atoms with Crippen LogP contribution in [0.4, 0.5) is 0 Å². The van der Waals surface area contributed by atoms with Gasteiger partial charge in [-0.05, 0) is 24.6 Å². The predicted octanol–water partition coefficient (Wildman–Crippen LogP) is 2.62. The molecule has 1 heterocycles. The van der Waals surface area contributed by atoms with E-state index in [1.165, 1.54) is 4.90 Å². The van der Waals surface area contributed by atoms with E-state index in [2.05, 4.69) is 50.5 Å². The first-order valence-electron chi connectivity index (χ1n) is 6.94. The molecule has 0 amide bonds. The van der Waals surface area contributed by atoms with E-state index in [1.807, 2.05) is 16.8 Å². The number of hydrogen-bond acceptors (Lipinski definition) is 5. The van der Waals surface area contributed by atoms with Gasteiger partial charge in [0.15, 0.2) is 0 Å². The summed E-state index contributed by atoms with van der Waals surface area (Å²) in [7, 11) is 0. The van der Waals surface area contributed by atoms with Gasteiger partial charge in [-0.1, -0.05) is 28.9 Å². The second-order valence-corrected chi connectivity index (χ2v) is 6.74. The summed E-state index contributed by atoms with van der Waals surface area (Å²) in [4.78, 5) is 5.55. The van der Waals surface area contributed by atoms with E-state index in [1.54, 1.807) is 18.1 Å². The van der Waals surface area contributed by atoms with E-state index in [4.69, 9.17) is 5.84 Å². The van der Waals surface area contributed by atoms with Crippen molar-refractivity contribution in [1.82, 2.24) is 20.2 Å². The van der Waals surface area contributed by atoms with Crippen molar-refractivity contribution in [3.8, 4) is 0 Å². The molecule has 0 aliphatic rings. The predicted molar refractivity (Wildman–Crippen MR) is 90.0 cm³/mol. The zero-order valence-corrected chi connectivity index (χ0v) is 14.4. The average Bonchev–Trinajstić information content (AvgIpc) is 2.91. The lowest BCUT2D eigenvalue weighted by Crippen LogP contribution is -2.39. The Labute approximate surface area is 137 Å². The summed E-state index contributed by atoms with van der Waals surface area (Å²) in [6.07, 6.45) is 3.43. The van der Waals surface area contributed by atoms with Gasteiger partial charge in [0.25, 0.3) is 0 Å². The molecular formula is C14H20BrN5S. The molecule has 1 aromatic heterocycles. The van der Waals surface area contributed by atoms with Gasteiger partial charge in [-0.2, -0.15) is 5.10 Å². The molecule has 0 aliphatic heterocycles. The quantitative estimate of drug-likeness (QED) is 0.425. The van der Waals surface area contributed by atoms with Crippen LogP contribution in [-0.4, -0.2) is 26.6 Å². The Kier molecular flexibility index (Phi) is 6.69. The first-order chi connectivity index (χ1) is 10.2. The highest BCUT2D eigenvalue weighted by Crippen LogP contribution is 2.23. The molecule has 1 aromatic carbocycles. The van der Waals surface area contributed by atoms with E-state index in [9.17, 15) is 0 Å². The number of rotatable bonds is 8. The van der Waals surface area contributed by atoms with Crippen LogP contribution in [0.2, 0.25) is 0 Å². The Hall–Kier alpha value is -0.890. The monoisotopic (exact) mass is 369 g/mol. The fourth-order valence-electron chi connectivity index (χ4n) is 1.98. The standard InChI is InChI=1S/C14H20BrN5S/c1-2-6-20-14(17-10-18-20)8-12(19-16)9-21-13-5-3-4-11(15)7-13/h3-5,7,10,12,19H,2,6,8-9,16H2,1H3. The molecule has 0 fully saturated rings. The second-order valence-electron chi connectivity index (χ2n) is 4.74. The molecule has 0 aliphatic carbocycles. The van der Waals surface area contributed by atoms with Gasteiger partial charge in [0, 0.05) is 34.1 Å². The third-order valence-corrected chi connectivity index (χ3v) is 4.69. The van der Waals surface area contributed by atoms with Crippen molar-refractivity contribution in [2.24, 2.45) is 5.84 Å². The first kappa shape index (κ1) is 16.5.